The first-order valence-corrected chi connectivity index (χ1v) is 6.76. The lowest BCUT2D eigenvalue weighted by Crippen LogP contribution is -2.25. The second-order valence-corrected chi connectivity index (χ2v) is 5.54. The summed E-state index contributed by atoms with van der Waals surface area (Å²) in [4.78, 5) is 4.14. The molecule has 0 bridgehead atoms. The molecule has 1 aromatic rings. The van der Waals surface area contributed by atoms with E-state index in [1.165, 1.54) is 25.7 Å². The van der Waals surface area contributed by atoms with Crippen molar-refractivity contribution in [1.29, 1.82) is 0 Å². The zero-order valence-corrected chi connectivity index (χ0v) is 11.2. The molecule has 1 aliphatic rings. The van der Waals surface area contributed by atoms with Crippen LogP contribution in [0.3, 0.4) is 0 Å². The Morgan fingerprint density at radius 3 is 2.94 bits per heavy atom. The van der Waals surface area contributed by atoms with E-state index in [1.54, 1.807) is 6.20 Å². The van der Waals surface area contributed by atoms with Crippen molar-refractivity contribution in [2.24, 2.45) is 5.92 Å². The maximum absolute atomic E-state index is 5.98. The quantitative estimate of drug-likeness (QED) is 0.838. The van der Waals surface area contributed by atoms with Gasteiger partial charge in [0.25, 0.3) is 0 Å². The van der Waals surface area contributed by atoms with Crippen LogP contribution < -0.4 is 0 Å². The van der Waals surface area contributed by atoms with Crippen molar-refractivity contribution in [2.75, 3.05) is 0 Å². The van der Waals surface area contributed by atoms with E-state index in [2.05, 4.69) is 33.9 Å². The van der Waals surface area contributed by atoms with E-state index in [9.17, 15) is 0 Å². The van der Waals surface area contributed by atoms with E-state index < -0.39 is 0 Å². The van der Waals surface area contributed by atoms with Crippen molar-refractivity contribution in [2.45, 2.75) is 45.3 Å². The molecule has 0 aromatic carbocycles. The Labute approximate surface area is 106 Å². The van der Waals surface area contributed by atoms with Gasteiger partial charge in [-0.2, -0.15) is 0 Å². The average molecular weight is 284 g/mol. The summed E-state index contributed by atoms with van der Waals surface area (Å²) in [5.41, 5.74) is 1.15. The van der Waals surface area contributed by atoms with Crippen LogP contribution in [0.5, 0.6) is 0 Å². The second kappa shape index (κ2) is 5.78. The van der Waals surface area contributed by atoms with Crippen molar-refractivity contribution in [3.05, 3.63) is 28.5 Å². The van der Waals surface area contributed by atoms with Crippen LogP contribution in [0.1, 0.15) is 38.2 Å². The van der Waals surface area contributed by atoms with E-state index in [4.69, 9.17) is 4.74 Å². The lowest BCUT2D eigenvalue weighted by atomic mass is 9.88. The maximum atomic E-state index is 5.98. The number of pyridine rings is 1. The summed E-state index contributed by atoms with van der Waals surface area (Å²) in [7, 11) is 0. The molecular formula is C13H18BrNO. The van der Waals surface area contributed by atoms with Crippen LogP contribution in [0.15, 0.2) is 22.9 Å². The van der Waals surface area contributed by atoms with Crippen molar-refractivity contribution < 1.29 is 4.74 Å². The van der Waals surface area contributed by atoms with Gasteiger partial charge in [-0.25, -0.2) is 0 Å². The predicted octanol–water partition coefficient (Wildman–Crippen LogP) is 3.94. The number of rotatable bonds is 3. The van der Waals surface area contributed by atoms with Crippen LogP contribution in [0.2, 0.25) is 0 Å². The zero-order chi connectivity index (χ0) is 11.4. The van der Waals surface area contributed by atoms with Gasteiger partial charge >= 0.3 is 0 Å². The summed E-state index contributed by atoms with van der Waals surface area (Å²) < 4.78 is 6.99. The van der Waals surface area contributed by atoms with Gasteiger partial charge in [0, 0.05) is 16.9 Å². The minimum Gasteiger partial charge on any atom is -0.373 e. The molecule has 0 spiro atoms. The van der Waals surface area contributed by atoms with Gasteiger partial charge in [0.05, 0.1) is 12.7 Å². The molecule has 0 radical (unpaired) electrons. The Balaban J connectivity index is 1.86. The molecule has 2 nitrogen and oxygen atoms in total. The molecule has 2 atom stereocenters. The molecule has 2 rings (SSSR count). The number of hydrogen-bond donors (Lipinski definition) is 0. The normalized spacial score (nSPS) is 25.6. The first-order valence-electron chi connectivity index (χ1n) is 5.97. The predicted molar refractivity (Wildman–Crippen MR) is 68.1 cm³/mol. The van der Waals surface area contributed by atoms with E-state index in [-0.39, 0.29) is 0 Å². The SMILES string of the molecule is CC1CCCCC1OCc1cncc(Br)c1. The first-order chi connectivity index (χ1) is 7.75. The Morgan fingerprint density at radius 1 is 1.38 bits per heavy atom. The van der Waals surface area contributed by atoms with E-state index >= 15 is 0 Å². The molecule has 0 aliphatic heterocycles. The van der Waals surface area contributed by atoms with Gasteiger partial charge in [-0.05, 0) is 46.3 Å². The lowest BCUT2D eigenvalue weighted by molar-refractivity contribution is -0.0155. The monoisotopic (exact) mass is 283 g/mol. The molecule has 0 saturated heterocycles. The van der Waals surface area contributed by atoms with Crippen molar-refractivity contribution >= 4 is 15.9 Å². The zero-order valence-electron chi connectivity index (χ0n) is 9.66. The molecule has 0 N–H and O–H groups in total. The average Bonchev–Trinajstić information content (AvgIpc) is 2.28. The summed E-state index contributed by atoms with van der Waals surface area (Å²) in [6, 6.07) is 2.07. The molecular weight excluding hydrogens is 266 g/mol. The Morgan fingerprint density at radius 2 is 2.19 bits per heavy atom. The van der Waals surface area contributed by atoms with Gasteiger partial charge in [0.2, 0.25) is 0 Å². The summed E-state index contributed by atoms with van der Waals surface area (Å²) in [5, 5.41) is 0. The summed E-state index contributed by atoms with van der Waals surface area (Å²) in [5.74, 6) is 0.703. The molecule has 0 amide bonds. The Kier molecular flexibility index (Phi) is 4.36. The van der Waals surface area contributed by atoms with Crippen LogP contribution in [0.4, 0.5) is 0 Å². The maximum Gasteiger partial charge on any atom is 0.0736 e. The highest BCUT2D eigenvalue weighted by atomic mass is 79.9. The van der Waals surface area contributed by atoms with E-state index in [1.807, 2.05) is 6.20 Å². The van der Waals surface area contributed by atoms with Gasteiger partial charge in [-0.1, -0.05) is 19.8 Å². The number of hydrogen-bond acceptors (Lipinski definition) is 2. The third-order valence-electron chi connectivity index (χ3n) is 3.26. The van der Waals surface area contributed by atoms with Crippen molar-refractivity contribution in [3.8, 4) is 0 Å². The number of ether oxygens (including phenoxy) is 1. The van der Waals surface area contributed by atoms with Crippen molar-refractivity contribution in [1.82, 2.24) is 4.98 Å². The van der Waals surface area contributed by atoms with Crippen LogP contribution in [0, 0.1) is 5.92 Å². The van der Waals surface area contributed by atoms with E-state index in [0.717, 1.165) is 10.0 Å². The van der Waals surface area contributed by atoms with Gasteiger partial charge < -0.3 is 4.74 Å². The third-order valence-corrected chi connectivity index (χ3v) is 3.69. The Bertz CT molecular complexity index is 342. The van der Waals surface area contributed by atoms with Crippen LogP contribution in [-0.2, 0) is 11.3 Å². The number of aromatic nitrogens is 1. The highest BCUT2D eigenvalue weighted by Crippen LogP contribution is 2.27. The Hall–Kier alpha value is -0.410. The van der Waals surface area contributed by atoms with Crippen LogP contribution in [-0.4, -0.2) is 11.1 Å². The fraction of sp³-hybridized carbons (Fsp3) is 0.615. The molecule has 88 valence electrons. The molecule has 3 heteroatoms. The smallest absolute Gasteiger partial charge is 0.0736 e. The summed E-state index contributed by atoms with van der Waals surface area (Å²) >= 11 is 3.42. The first kappa shape index (κ1) is 12.1. The minimum absolute atomic E-state index is 0.438. The largest absolute Gasteiger partial charge is 0.373 e. The van der Waals surface area contributed by atoms with Crippen LogP contribution in [0.25, 0.3) is 0 Å². The topological polar surface area (TPSA) is 22.1 Å². The number of halogens is 1. The minimum atomic E-state index is 0.438. The summed E-state index contributed by atoms with van der Waals surface area (Å²) in [6.45, 7) is 2.98. The van der Waals surface area contributed by atoms with E-state index in [0.29, 0.717) is 18.6 Å². The fourth-order valence-electron chi connectivity index (χ4n) is 2.27. The van der Waals surface area contributed by atoms with Gasteiger partial charge in [-0.15, -0.1) is 0 Å². The summed E-state index contributed by atoms with van der Waals surface area (Å²) in [6.07, 6.45) is 9.30. The molecule has 1 heterocycles. The lowest BCUT2D eigenvalue weighted by Gasteiger charge is -2.28. The van der Waals surface area contributed by atoms with Gasteiger partial charge in [0.15, 0.2) is 0 Å². The number of nitrogens with zero attached hydrogens (tertiary/aromatic N) is 1. The van der Waals surface area contributed by atoms with Gasteiger partial charge in [-0.3, -0.25) is 4.98 Å². The van der Waals surface area contributed by atoms with Crippen molar-refractivity contribution in [3.63, 3.8) is 0 Å². The highest BCUT2D eigenvalue weighted by molar-refractivity contribution is 9.10. The molecule has 2 unspecified atom stereocenters. The molecule has 1 fully saturated rings. The molecule has 1 aliphatic carbocycles. The molecule has 1 saturated carbocycles. The highest BCUT2D eigenvalue weighted by Gasteiger charge is 2.21. The fourth-order valence-corrected chi connectivity index (χ4v) is 2.68. The standard InChI is InChI=1S/C13H18BrNO/c1-10-4-2-3-5-13(10)16-9-11-6-12(14)8-15-7-11/h6-8,10,13H,2-5,9H2,1H3. The van der Waals surface area contributed by atoms with Crippen LogP contribution >= 0.6 is 15.9 Å². The van der Waals surface area contributed by atoms with Gasteiger partial charge in [0.1, 0.15) is 0 Å². The molecule has 1 aromatic heterocycles. The third kappa shape index (κ3) is 3.29. The molecule has 16 heavy (non-hydrogen) atoms. The second-order valence-electron chi connectivity index (χ2n) is 4.62.